The SMILES string of the molecule is Cc1nnc(N2C(=O)C(=O)/C(=C(\O)c3ccc(Cl)cc3)C2c2ccc([N+](=O)[O-])cc2)s1. The number of carbonyl (C=O) groups excluding carboxylic acids is 2. The van der Waals surface area contributed by atoms with E-state index in [1.54, 1.807) is 19.1 Å². The Balaban J connectivity index is 1.92. The number of rotatable bonds is 4. The van der Waals surface area contributed by atoms with Crippen LogP contribution in [0.4, 0.5) is 10.8 Å². The zero-order valence-corrected chi connectivity index (χ0v) is 17.4. The summed E-state index contributed by atoms with van der Waals surface area (Å²) in [7, 11) is 0. The van der Waals surface area contributed by atoms with Crippen molar-refractivity contribution in [2.24, 2.45) is 0 Å². The van der Waals surface area contributed by atoms with E-state index in [4.69, 9.17) is 11.6 Å². The number of benzene rings is 2. The zero-order valence-electron chi connectivity index (χ0n) is 15.9. The fraction of sp³-hybridized carbons (Fsp3) is 0.100. The minimum absolute atomic E-state index is 0.148. The topological polar surface area (TPSA) is 127 Å². The number of non-ortho nitro benzene ring substituents is 1. The van der Waals surface area contributed by atoms with Gasteiger partial charge in [0.1, 0.15) is 10.8 Å². The van der Waals surface area contributed by atoms with Gasteiger partial charge in [-0.15, -0.1) is 10.2 Å². The van der Waals surface area contributed by atoms with Crippen LogP contribution >= 0.6 is 22.9 Å². The molecule has 0 bridgehead atoms. The molecule has 0 spiro atoms. The van der Waals surface area contributed by atoms with Gasteiger partial charge in [0.05, 0.1) is 16.5 Å². The molecule has 11 heteroatoms. The van der Waals surface area contributed by atoms with Crippen molar-refractivity contribution < 1.29 is 19.6 Å². The van der Waals surface area contributed by atoms with Gasteiger partial charge in [0, 0.05) is 22.7 Å². The Kier molecular flexibility index (Phi) is 5.25. The Bertz CT molecular complexity index is 1240. The highest BCUT2D eigenvalue weighted by Gasteiger charge is 2.48. The molecule has 1 aliphatic heterocycles. The van der Waals surface area contributed by atoms with E-state index in [1.165, 1.54) is 36.4 Å². The van der Waals surface area contributed by atoms with Crippen LogP contribution in [0.25, 0.3) is 5.76 Å². The molecule has 0 saturated carbocycles. The van der Waals surface area contributed by atoms with E-state index < -0.39 is 22.7 Å². The van der Waals surface area contributed by atoms with Crippen molar-refractivity contribution in [2.75, 3.05) is 4.90 Å². The summed E-state index contributed by atoms with van der Waals surface area (Å²) < 4.78 is 0. The summed E-state index contributed by atoms with van der Waals surface area (Å²) in [5, 5.41) is 31.0. The average molecular weight is 457 g/mol. The lowest BCUT2D eigenvalue weighted by Gasteiger charge is -2.22. The number of hydrogen-bond acceptors (Lipinski definition) is 8. The van der Waals surface area contributed by atoms with E-state index in [0.717, 1.165) is 16.2 Å². The zero-order chi connectivity index (χ0) is 22.3. The molecule has 2 aromatic carbocycles. The number of aliphatic hydroxyl groups is 1. The molecule has 9 nitrogen and oxygen atoms in total. The first-order chi connectivity index (χ1) is 14.8. The minimum Gasteiger partial charge on any atom is -0.507 e. The van der Waals surface area contributed by atoms with Gasteiger partial charge in [0.25, 0.3) is 11.5 Å². The number of nitro benzene ring substituents is 1. The summed E-state index contributed by atoms with van der Waals surface area (Å²) >= 11 is 7.01. The van der Waals surface area contributed by atoms with E-state index >= 15 is 0 Å². The molecule has 3 aromatic rings. The maximum atomic E-state index is 12.9. The second-order valence-corrected chi connectivity index (χ2v) is 8.22. The van der Waals surface area contributed by atoms with E-state index in [-0.39, 0.29) is 22.2 Å². The summed E-state index contributed by atoms with van der Waals surface area (Å²) in [6.45, 7) is 1.70. The molecule has 1 fully saturated rings. The normalized spacial score (nSPS) is 17.9. The number of Topliss-reactive ketones (excluding diaryl/α,β-unsaturated/α-hetero) is 1. The first kappa shape index (κ1) is 20.6. The molecule has 4 rings (SSSR count). The van der Waals surface area contributed by atoms with Crippen LogP contribution < -0.4 is 4.90 Å². The van der Waals surface area contributed by atoms with Crippen LogP contribution in [0.1, 0.15) is 22.2 Å². The molecule has 1 atom stereocenters. The number of aryl methyl sites for hydroxylation is 1. The molecule has 1 amide bonds. The van der Waals surface area contributed by atoms with E-state index in [1.807, 2.05) is 0 Å². The van der Waals surface area contributed by atoms with Gasteiger partial charge in [-0.05, 0) is 48.9 Å². The molecule has 1 aliphatic rings. The highest BCUT2D eigenvalue weighted by atomic mass is 35.5. The molecule has 0 radical (unpaired) electrons. The summed E-state index contributed by atoms with van der Waals surface area (Å²) in [6.07, 6.45) is 0. The molecule has 1 unspecified atom stereocenters. The maximum Gasteiger partial charge on any atom is 0.301 e. The molecule has 2 heterocycles. The van der Waals surface area contributed by atoms with Gasteiger partial charge in [-0.3, -0.25) is 24.6 Å². The minimum atomic E-state index is -1.04. The van der Waals surface area contributed by atoms with Crippen LogP contribution in [-0.4, -0.2) is 31.9 Å². The van der Waals surface area contributed by atoms with Crippen LogP contribution in [0.5, 0.6) is 0 Å². The van der Waals surface area contributed by atoms with Crippen molar-refractivity contribution in [1.29, 1.82) is 0 Å². The number of carbonyl (C=O) groups is 2. The van der Waals surface area contributed by atoms with E-state index in [9.17, 15) is 24.8 Å². The van der Waals surface area contributed by atoms with Crippen LogP contribution in [0, 0.1) is 17.0 Å². The third kappa shape index (κ3) is 3.66. The number of aromatic nitrogens is 2. The molecule has 156 valence electrons. The molecule has 1 aromatic heterocycles. The monoisotopic (exact) mass is 456 g/mol. The van der Waals surface area contributed by atoms with Crippen LogP contribution in [0.15, 0.2) is 54.1 Å². The fourth-order valence-electron chi connectivity index (χ4n) is 3.27. The molecular weight excluding hydrogens is 444 g/mol. The highest BCUT2D eigenvalue weighted by Crippen LogP contribution is 2.43. The first-order valence-corrected chi connectivity index (χ1v) is 10.1. The summed E-state index contributed by atoms with van der Waals surface area (Å²) in [5.41, 5.74) is 0.384. The van der Waals surface area contributed by atoms with Crippen molar-refractivity contribution in [2.45, 2.75) is 13.0 Å². The Morgan fingerprint density at radius 1 is 1.13 bits per heavy atom. The van der Waals surface area contributed by atoms with Crippen LogP contribution in [0.2, 0.25) is 5.02 Å². The second-order valence-electron chi connectivity index (χ2n) is 6.63. The summed E-state index contributed by atoms with van der Waals surface area (Å²) in [6, 6.07) is 10.5. The van der Waals surface area contributed by atoms with Crippen molar-refractivity contribution in [3.05, 3.63) is 85.4 Å². The Hall–Kier alpha value is -3.63. The molecule has 1 N–H and O–H groups in total. The van der Waals surface area contributed by atoms with Gasteiger partial charge >= 0.3 is 5.91 Å². The average Bonchev–Trinajstić information content (AvgIpc) is 3.29. The lowest BCUT2D eigenvalue weighted by molar-refractivity contribution is -0.384. The fourth-order valence-corrected chi connectivity index (χ4v) is 4.11. The van der Waals surface area contributed by atoms with Crippen LogP contribution in [-0.2, 0) is 9.59 Å². The lowest BCUT2D eigenvalue weighted by Crippen LogP contribution is -2.29. The largest absolute Gasteiger partial charge is 0.507 e. The standard InChI is InChI=1S/C20H13ClN4O5S/c1-10-22-23-20(31-10)24-16(11-4-8-14(9-5-11)25(29)30)15(18(27)19(24)28)17(26)12-2-6-13(21)7-3-12/h2-9,16,26H,1H3/b17-15-. The predicted octanol–water partition coefficient (Wildman–Crippen LogP) is 4.03. The van der Waals surface area contributed by atoms with Gasteiger partial charge in [0.2, 0.25) is 5.13 Å². The quantitative estimate of drug-likeness (QED) is 0.206. The van der Waals surface area contributed by atoms with Crippen molar-refractivity contribution >= 4 is 51.2 Å². The van der Waals surface area contributed by atoms with E-state index in [0.29, 0.717) is 21.2 Å². The lowest BCUT2D eigenvalue weighted by atomic mass is 9.95. The molecule has 1 saturated heterocycles. The predicted molar refractivity (Wildman–Crippen MR) is 114 cm³/mol. The number of hydrogen-bond donors (Lipinski definition) is 1. The number of anilines is 1. The number of amides is 1. The van der Waals surface area contributed by atoms with Gasteiger partial charge in [-0.1, -0.05) is 22.9 Å². The second kappa shape index (κ2) is 7.89. The van der Waals surface area contributed by atoms with Crippen LogP contribution in [0.3, 0.4) is 0 Å². The van der Waals surface area contributed by atoms with Crippen molar-refractivity contribution in [3.63, 3.8) is 0 Å². The molecule has 31 heavy (non-hydrogen) atoms. The third-order valence-corrected chi connectivity index (χ3v) is 5.79. The van der Waals surface area contributed by atoms with Gasteiger partial charge < -0.3 is 5.11 Å². The number of halogens is 1. The summed E-state index contributed by atoms with van der Waals surface area (Å²) in [4.78, 5) is 37.5. The maximum absolute atomic E-state index is 12.9. The molecule has 0 aliphatic carbocycles. The third-order valence-electron chi connectivity index (χ3n) is 4.70. The smallest absolute Gasteiger partial charge is 0.301 e. The van der Waals surface area contributed by atoms with Crippen molar-refractivity contribution in [1.82, 2.24) is 10.2 Å². The van der Waals surface area contributed by atoms with Crippen molar-refractivity contribution in [3.8, 4) is 0 Å². The summed E-state index contributed by atoms with van der Waals surface area (Å²) in [5.74, 6) is -2.17. The first-order valence-electron chi connectivity index (χ1n) is 8.89. The number of ketones is 1. The number of nitro groups is 1. The molecular formula is C20H13ClN4O5S. The van der Waals surface area contributed by atoms with E-state index in [2.05, 4.69) is 10.2 Å². The number of aliphatic hydroxyl groups excluding tert-OH is 1. The van der Waals surface area contributed by atoms with Gasteiger partial charge in [-0.25, -0.2) is 0 Å². The Morgan fingerprint density at radius 3 is 2.32 bits per heavy atom. The van der Waals surface area contributed by atoms with Gasteiger partial charge in [0.15, 0.2) is 0 Å². The van der Waals surface area contributed by atoms with Gasteiger partial charge in [-0.2, -0.15) is 0 Å². The number of nitrogens with zero attached hydrogens (tertiary/aromatic N) is 4. The highest BCUT2D eigenvalue weighted by molar-refractivity contribution is 7.15. The Morgan fingerprint density at radius 2 is 1.77 bits per heavy atom. The Labute approximate surface area is 184 Å².